The van der Waals surface area contributed by atoms with Gasteiger partial charge in [-0.1, -0.05) is 58.0 Å². The first kappa shape index (κ1) is 32.4. The van der Waals surface area contributed by atoms with E-state index in [1.807, 2.05) is 56.3 Å². The first-order valence-corrected chi connectivity index (χ1v) is 16.5. The van der Waals surface area contributed by atoms with Crippen molar-refractivity contribution >= 4 is 23.5 Å². The molecule has 4 bridgehead atoms. The van der Waals surface area contributed by atoms with Crippen LogP contribution in [0.25, 0.3) is 11.6 Å². The normalized spacial score (nSPS) is 22.2. The molecule has 2 amide bonds. The summed E-state index contributed by atoms with van der Waals surface area (Å²) in [6.45, 7) is 8.90. The second kappa shape index (κ2) is 11.8. The number of aliphatic hydroxyl groups is 1. The van der Waals surface area contributed by atoms with Gasteiger partial charge >= 0.3 is 5.97 Å². The molecular formula is C36H39N5O8. The summed E-state index contributed by atoms with van der Waals surface area (Å²) in [5, 5.41) is 20.4. The van der Waals surface area contributed by atoms with E-state index in [0.717, 1.165) is 22.4 Å². The number of esters is 1. The Morgan fingerprint density at radius 3 is 2.57 bits per heavy atom. The number of nitrogens with one attached hydrogen (secondary N) is 3. The molecule has 2 aromatic carbocycles. The SMILES string of the molecule is CCC(O)(CC)C(=O)N[C@H]1Cc2ccc3c(c2)C2(c4ccccc4N[C@H]2O3)c2oc(nc2-c2nc(C(=O)OC)c(C)o2)[C@H](C(C)C)NC1=O. The third kappa shape index (κ3) is 4.89. The summed E-state index contributed by atoms with van der Waals surface area (Å²) in [6.07, 6.45) is -0.161. The fourth-order valence-electron chi connectivity index (χ4n) is 7.10. The van der Waals surface area contributed by atoms with Crippen LogP contribution in [-0.2, 0) is 26.2 Å². The van der Waals surface area contributed by atoms with Crippen molar-refractivity contribution < 1.29 is 37.8 Å². The van der Waals surface area contributed by atoms with Crippen molar-refractivity contribution in [1.82, 2.24) is 20.6 Å². The van der Waals surface area contributed by atoms with Crippen LogP contribution < -0.4 is 20.7 Å². The first-order chi connectivity index (χ1) is 23.4. The van der Waals surface area contributed by atoms with Crippen LogP contribution in [0.1, 0.15) is 91.2 Å². The molecule has 0 aliphatic carbocycles. The molecule has 13 nitrogen and oxygen atoms in total. The molecule has 0 radical (unpaired) electrons. The Labute approximate surface area is 282 Å². The number of para-hydroxylation sites is 1. The lowest BCUT2D eigenvalue weighted by atomic mass is 9.72. The molecule has 256 valence electrons. The molecule has 1 spiro atoms. The first-order valence-electron chi connectivity index (χ1n) is 16.5. The number of methoxy groups -OCH3 is 1. The van der Waals surface area contributed by atoms with Crippen molar-refractivity contribution in [2.75, 3.05) is 12.4 Å². The maximum atomic E-state index is 14.1. The number of amides is 2. The summed E-state index contributed by atoms with van der Waals surface area (Å²) in [5.41, 5.74) is 0.679. The number of carbonyl (C=O) groups excluding carboxylic acids is 3. The fourth-order valence-corrected chi connectivity index (χ4v) is 7.10. The molecule has 5 heterocycles. The highest BCUT2D eigenvalue weighted by Crippen LogP contribution is 2.59. The van der Waals surface area contributed by atoms with E-state index < -0.39 is 47.1 Å². The summed E-state index contributed by atoms with van der Waals surface area (Å²) in [4.78, 5) is 49.6. The molecule has 0 saturated heterocycles. The predicted molar refractivity (Wildman–Crippen MR) is 176 cm³/mol. The maximum absolute atomic E-state index is 14.1. The van der Waals surface area contributed by atoms with Gasteiger partial charge < -0.3 is 39.4 Å². The zero-order valence-corrected chi connectivity index (χ0v) is 28.2. The van der Waals surface area contributed by atoms with Crippen LogP contribution >= 0.6 is 0 Å². The number of oxazole rings is 2. The monoisotopic (exact) mass is 669 g/mol. The van der Waals surface area contributed by atoms with Gasteiger partial charge in [-0.05, 0) is 48.9 Å². The molecule has 2 aromatic heterocycles. The fraction of sp³-hybridized carbons (Fsp3) is 0.417. The molecule has 4 N–H and O–H groups in total. The van der Waals surface area contributed by atoms with Crippen molar-refractivity contribution in [3.05, 3.63) is 82.3 Å². The minimum atomic E-state index is -1.63. The van der Waals surface area contributed by atoms with Gasteiger partial charge in [0.25, 0.3) is 5.91 Å². The number of ether oxygens (including phenoxy) is 2. The summed E-state index contributed by atoms with van der Waals surface area (Å²) in [6, 6.07) is 11.7. The van der Waals surface area contributed by atoms with Crippen molar-refractivity contribution in [2.45, 2.75) is 83.2 Å². The largest absolute Gasteiger partial charge is 0.469 e. The van der Waals surface area contributed by atoms with E-state index in [0.29, 0.717) is 11.5 Å². The molecule has 49 heavy (non-hydrogen) atoms. The van der Waals surface area contributed by atoms with E-state index in [1.54, 1.807) is 20.8 Å². The lowest BCUT2D eigenvalue weighted by Gasteiger charge is -2.30. The molecule has 0 fully saturated rings. The van der Waals surface area contributed by atoms with Gasteiger partial charge in [0.05, 0.1) is 7.11 Å². The van der Waals surface area contributed by atoms with Gasteiger partial charge in [-0.3, -0.25) is 9.59 Å². The van der Waals surface area contributed by atoms with Gasteiger partial charge in [0, 0.05) is 17.7 Å². The summed E-state index contributed by atoms with van der Waals surface area (Å²) >= 11 is 0. The molecule has 7 rings (SSSR count). The average molecular weight is 670 g/mol. The second-order valence-corrected chi connectivity index (χ2v) is 13.2. The van der Waals surface area contributed by atoms with Crippen LogP contribution in [-0.4, -0.2) is 57.8 Å². The molecule has 1 unspecified atom stereocenters. The Morgan fingerprint density at radius 1 is 1.10 bits per heavy atom. The number of aryl methyl sites for hydroxylation is 1. The van der Waals surface area contributed by atoms with Crippen LogP contribution in [0.2, 0.25) is 0 Å². The smallest absolute Gasteiger partial charge is 0.360 e. The van der Waals surface area contributed by atoms with Gasteiger partial charge in [-0.2, -0.15) is 0 Å². The quantitative estimate of drug-likeness (QED) is 0.206. The number of fused-ring (bicyclic) bond motifs is 4. The topological polar surface area (TPSA) is 178 Å². The molecule has 4 atom stereocenters. The van der Waals surface area contributed by atoms with E-state index in [9.17, 15) is 19.5 Å². The number of aromatic nitrogens is 2. The van der Waals surface area contributed by atoms with E-state index >= 15 is 0 Å². The van der Waals surface area contributed by atoms with Crippen LogP contribution in [0.3, 0.4) is 0 Å². The number of anilines is 1. The minimum absolute atomic E-state index is 0.00156. The highest BCUT2D eigenvalue weighted by atomic mass is 16.5. The molecule has 4 aromatic rings. The molecule has 0 saturated carbocycles. The average Bonchev–Trinajstić information content (AvgIpc) is 3.85. The van der Waals surface area contributed by atoms with E-state index in [-0.39, 0.29) is 54.1 Å². The van der Waals surface area contributed by atoms with E-state index in [4.69, 9.17) is 23.3 Å². The van der Waals surface area contributed by atoms with Crippen molar-refractivity contribution in [3.63, 3.8) is 0 Å². The molecule has 3 aliphatic rings. The number of nitrogens with zero attached hydrogens (tertiary/aromatic N) is 2. The zero-order valence-electron chi connectivity index (χ0n) is 28.2. The van der Waals surface area contributed by atoms with Crippen LogP contribution in [0.5, 0.6) is 5.75 Å². The standard InChI is InChI=1S/C36H39N5O8/c1-7-35(45,8-2)33(44)37-23-16-19-13-14-24-21(15-19)36(20-11-9-10-12-22(20)38-34(36)48-24)28-27(31-40-26(18(5)47-31)32(43)46-6)41-30(49-28)25(17(3)4)39-29(23)42/h9-15,17,23,25,34,38,45H,7-8,16H2,1-6H3,(H,37,44)(H,39,42)/t23-,25-,34-,36?/m0/s1. The predicted octanol–water partition coefficient (Wildman–Crippen LogP) is 4.31. The van der Waals surface area contributed by atoms with Crippen molar-refractivity contribution in [3.8, 4) is 17.3 Å². The van der Waals surface area contributed by atoms with Gasteiger partial charge in [0.1, 0.15) is 34.6 Å². The van der Waals surface area contributed by atoms with Crippen LogP contribution in [0.15, 0.2) is 51.3 Å². The second-order valence-electron chi connectivity index (χ2n) is 13.2. The number of hydrogen-bond acceptors (Lipinski definition) is 11. The Morgan fingerprint density at radius 2 is 1.86 bits per heavy atom. The highest BCUT2D eigenvalue weighted by Gasteiger charge is 2.61. The van der Waals surface area contributed by atoms with Gasteiger partial charge in [0.2, 0.25) is 17.7 Å². The summed E-state index contributed by atoms with van der Waals surface area (Å²) in [7, 11) is 1.27. The van der Waals surface area contributed by atoms with Gasteiger partial charge in [0.15, 0.2) is 23.4 Å². The zero-order chi connectivity index (χ0) is 34.8. The van der Waals surface area contributed by atoms with E-state index in [2.05, 4.69) is 20.9 Å². The van der Waals surface area contributed by atoms with Crippen LogP contribution in [0, 0.1) is 12.8 Å². The van der Waals surface area contributed by atoms with E-state index in [1.165, 1.54) is 7.11 Å². The minimum Gasteiger partial charge on any atom is -0.469 e. The van der Waals surface area contributed by atoms with Crippen molar-refractivity contribution in [2.24, 2.45) is 5.92 Å². The van der Waals surface area contributed by atoms with Gasteiger partial charge in [-0.25, -0.2) is 14.8 Å². The molecule has 13 heteroatoms. The lowest BCUT2D eigenvalue weighted by molar-refractivity contribution is -0.143. The van der Waals surface area contributed by atoms with Crippen molar-refractivity contribution in [1.29, 1.82) is 0 Å². The number of benzene rings is 2. The number of carbonyl (C=O) groups is 3. The molecular weight excluding hydrogens is 630 g/mol. The summed E-state index contributed by atoms with van der Waals surface area (Å²) in [5.74, 6) is -0.572. The maximum Gasteiger partial charge on any atom is 0.360 e. The highest BCUT2D eigenvalue weighted by molar-refractivity contribution is 5.92. The Balaban J connectivity index is 1.49. The van der Waals surface area contributed by atoms with Crippen LogP contribution in [0.4, 0.5) is 5.69 Å². The third-order valence-electron chi connectivity index (χ3n) is 10.0. The van der Waals surface area contributed by atoms with Gasteiger partial charge in [-0.15, -0.1) is 0 Å². The number of hydrogen-bond donors (Lipinski definition) is 4. The Hall–Kier alpha value is -5.17. The Bertz CT molecular complexity index is 1980. The third-order valence-corrected chi connectivity index (χ3v) is 10.0. The lowest BCUT2D eigenvalue weighted by Crippen LogP contribution is -2.55. The molecule has 3 aliphatic heterocycles. The Kier molecular flexibility index (Phi) is 7.77. The summed E-state index contributed by atoms with van der Waals surface area (Å²) < 4.78 is 24.4. The number of rotatable bonds is 7.